The van der Waals surface area contributed by atoms with Crippen molar-refractivity contribution in [3.8, 4) is 0 Å². The van der Waals surface area contributed by atoms with Gasteiger partial charge in [-0.05, 0) is 73.8 Å². The Hall–Kier alpha value is -2.61. The van der Waals surface area contributed by atoms with Crippen LogP contribution in [0.4, 0.5) is 0 Å². The summed E-state index contributed by atoms with van der Waals surface area (Å²) in [7, 11) is 0. The summed E-state index contributed by atoms with van der Waals surface area (Å²) in [4.78, 5) is 51.9. The largest absolute Gasteiger partial charge is 0.350 e. The number of nitrogens with one attached hydrogen (secondary N) is 2. The summed E-state index contributed by atoms with van der Waals surface area (Å²) in [6.07, 6.45) is 11.2. The van der Waals surface area contributed by atoms with Gasteiger partial charge in [-0.25, -0.2) is 0 Å². The van der Waals surface area contributed by atoms with Crippen LogP contribution in [-0.4, -0.2) is 46.4 Å². The molecule has 198 valence electrons. The van der Waals surface area contributed by atoms with E-state index in [-0.39, 0.29) is 36.1 Å². The highest BCUT2D eigenvalue weighted by Gasteiger charge is 2.40. The molecule has 37 heavy (non-hydrogen) atoms. The van der Waals surface area contributed by atoms with E-state index in [1.165, 1.54) is 24.8 Å². The van der Waals surface area contributed by atoms with Crippen molar-refractivity contribution in [1.82, 2.24) is 15.5 Å². The standard InChI is InChI=1S/C29H37N3O4S/c1-18-13-19-15-20(14-18)23(16-19)30-26(33)9-4-2-3-5-12-37-25-8-6-7-21-22(25)17-32(29(21)36)24-10-11-27(34)31-28(24)35/h6-8,16,18,20,23-24H,2-5,9-15,17H2,1H3,(H,30,33)(H,31,34,35). The minimum Gasteiger partial charge on any atom is -0.350 e. The Kier molecular flexibility index (Phi) is 8.03. The molecule has 1 aromatic rings. The molecule has 0 aromatic heterocycles. The molecule has 4 unspecified atom stereocenters. The monoisotopic (exact) mass is 523 g/mol. The number of imide groups is 1. The molecule has 4 aliphatic rings. The molecule has 2 aliphatic heterocycles. The lowest BCUT2D eigenvalue weighted by Gasteiger charge is -2.29. The minimum absolute atomic E-state index is 0.128. The van der Waals surface area contributed by atoms with Gasteiger partial charge in [-0.2, -0.15) is 0 Å². The second-order valence-corrected chi connectivity index (χ2v) is 12.3. The lowest BCUT2D eigenvalue weighted by molar-refractivity contribution is -0.137. The van der Waals surface area contributed by atoms with E-state index in [1.54, 1.807) is 16.7 Å². The third-order valence-corrected chi connectivity index (χ3v) is 9.37. The van der Waals surface area contributed by atoms with Gasteiger partial charge in [0.15, 0.2) is 0 Å². The Morgan fingerprint density at radius 2 is 1.97 bits per heavy atom. The molecule has 7 nitrogen and oxygen atoms in total. The van der Waals surface area contributed by atoms with Gasteiger partial charge in [-0.1, -0.05) is 37.5 Å². The van der Waals surface area contributed by atoms with Crippen LogP contribution in [0.15, 0.2) is 34.7 Å². The number of allylic oxidation sites excluding steroid dienone is 1. The first-order valence-corrected chi connectivity index (χ1v) is 14.8. The summed E-state index contributed by atoms with van der Waals surface area (Å²) in [6, 6.07) is 5.44. The maximum atomic E-state index is 13.0. The third kappa shape index (κ3) is 5.95. The van der Waals surface area contributed by atoms with Crippen LogP contribution >= 0.6 is 11.8 Å². The van der Waals surface area contributed by atoms with Crippen LogP contribution in [0.1, 0.15) is 87.1 Å². The fraction of sp³-hybridized carbons (Fsp3) is 0.586. The molecule has 4 amide bonds. The number of hydrogen-bond donors (Lipinski definition) is 2. The van der Waals surface area contributed by atoms with Crippen LogP contribution in [0.5, 0.6) is 0 Å². The zero-order valence-electron chi connectivity index (χ0n) is 21.6. The predicted octanol–water partition coefficient (Wildman–Crippen LogP) is 4.35. The summed E-state index contributed by atoms with van der Waals surface area (Å²) in [5.41, 5.74) is 3.18. The van der Waals surface area contributed by atoms with Crippen LogP contribution in [-0.2, 0) is 20.9 Å². The quantitative estimate of drug-likeness (QED) is 0.206. The van der Waals surface area contributed by atoms with E-state index in [0.717, 1.165) is 47.8 Å². The van der Waals surface area contributed by atoms with E-state index in [2.05, 4.69) is 23.6 Å². The number of fused-ring (bicyclic) bond motifs is 3. The summed E-state index contributed by atoms with van der Waals surface area (Å²) in [6.45, 7) is 2.72. The fourth-order valence-corrected chi connectivity index (χ4v) is 7.48. The van der Waals surface area contributed by atoms with Crippen LogP contribution in [0, 0.1) is 11.8 Å². The Morgan fingerprint density at radius 1 is 1.14 bits per heavy atom. The van der Waals surface area contributed by atoms with Gasteiger partial charge in [0, 0.05) is 29.8 Å². The summed E-state index contributed by atoms with van der Waals surface area (Å²) in [5, 5.41) is 5.62. The minimum atomic E-state index is -0.582. The maximum absolute atomic E-state index is 13.0. The van der Waals surface area contributed by atoms with Crippen molar-refractivity contribution < 1.29 is 19.2 Å². The molecular formula is C29H37N3O4S. The van der Waals surface area contributed by atoms with E-state index in [1.807, 2.05) is 18.2 Å². The molecule has 2 aliphatic carbocycles. The lowest BCUT2D eigenvalue weighted by Crippen LogP contribution is -2.52. The van der Waals surface area contributed by atoms with Crippen LogP contribution < -0.4 is 10.6 Å². The zero-order chi connectivity index (χ0) is 25.9. The highest BCUT2D eigenvalue weighted by Crippen LogP contribution is 2.40. The molecule has 2 fully saturated rings. The smallest absolute Gasteiger partial charge is 0.255 e. The molecule has 2 N–H and O–H groups in total. The number of thioether (sulfide) groups is 1. The normalized spacial score (nSPS) is 26.7. The SMILES string of the molecule is CC1CC2=CC(NC(=O)CCCCCCSc3cccc4c3CN(C3CCC(=O)NC3=O)C4=O)C(C2)C1. The molecule has 5 rings (SSSR count). The molecule has 1 aromatic carbocycles. The third-order valence-electron chi connectivity index (χ3n) is 8.19. The van der Waals surface area contributed by atoms with Gasteiger partial charge >= 0.3 is 0 Å². The highest BCUT2D eigenvalue weighted by atomic mass is 32.2. The van der Waals surface area contributed by atoms with Crippen LogP contribution in [0.25, 0.3) is 0 Å². The van der Waals surface area contributed by atoms with Crippen LogP contribution in [0.2, 0.25) is 0 Å². The number of benzene rings is 1. The van der Waals surface area contributed by atoms with Gasteiger partial charge in [-0.3, -0.25) is 24.5 Å². The number of piperidine rings is 1. The Bertz CT molecular complexity index is 1120. The van der Waals surface area contributed by atoms with Crippen molar-refractivity contribution in [2.24, 2.45) is 11.8 Å². The average Bonchev–Trinajstić information content (AvgIpc) is 3.34. The maximum Gasteiger partial charge on any atom is 0.255 e. The van der Waals surface area contributed by atoms with E-state index < -0.39 is 6.04 Å². The number of nitrogens with zero attached hydrogens (tertiary/aromatic N) is 1. The molecule has 1 saturated heterocycles. The number of carbonyl (C=O) groups is 4. The van der Waals surface area contributed by atoms with Gasteiger partial charge in [0.1, 0.15) is 6.04 Å². The molecule has 0 radical (unpaired) electrons. The van der Waals surface area contributed by atoms with E-state index >= 15 is 0 Å². The zero-order valence-corrected chi connectivity index (χ0v) is 22.4. The van der Waals surface area contributed by atoms with Gasteiger partial charge in [0.2, 0.25) is 17.7 Å². The first kappa shape index (κ1) is 26.0. The highest BCUT2D eigenvalue weighted by molar-refractivity contribution is 7.99. The van der Waals surface area contributed by atoms with Gasteiger partial charge < -0.3 is 10.2 Å². The number of rotatable bonds is 10. The van der Waals surface area contributed by atoms with Crippen molar-refractivity contribution in [2.75, 3.05) is 5.75 Å². The van der Waals surface area contributed by atoms with Crippen molar-refractivity contribution in [1.29, 1.82) is 0 Å². The summed E-state index contributed by atoms with van der Waals surface area (Å²) >= 11 is 1.75. The fourth-order valence-electron chi connectivity index (χ4n) is 6.38. The second-order valence-electron chi connectivity index (χ2n) is 11.1. The first-order chi connectivity index (χ1) is 17.9. The van der Waals surface area contributed by atoms with E-state index in [9.17, 15) is 19.2 Å². The molecule has 1 saturated carbocycles. The molecular weight excluding hydrogens is 486 g/mol. The molecule has 2 heterocycles. The molecule has 0 spiro atoms. The van der Waals surface area contributed by atoms with E-state index in [4.69, 9.17) is 0 Å². The Morgan fingerprint density at radius 3 is 2.81 bits per heavy atom. The number of amides is 4. The van der Waals surface area contributed by atoms with Gasteiger partial charge in [0.25, 0.3) is 5.91 Å². The average molecular weight is 524 g/mol. The number of hydrogen-bond acceptors (Lipinski definition) is 5. The van der Waals surface area contributed by atoms with Crippen molar-refractivity contribution in [2.45, 2.75) is 94.7 Å². The summed E-state index contributed by atoms with van der Waals surface area (Å²) in [5.74, 6) is 1.70. The first-order valence-electron chi connectivity index (χ1n) is 13.8. The van der Waals surface area contributed by atoms with Crippen molar-refractivity contribution in [3.05, 3.63) is 41.0 Å². The molecule has 8 heteroatoms. The lowest BCUT2D eigenvalue weighted by atomic mass is 9.82. The number of unbranched alkanes of at least 4 members (excludes halogenated alkanes) is 3. The Balaban J connectivity index is 1.01. The van der Waals surface area contributed by atoms with Gasteiger partial charge in [0.05, 0.1) is 6.04 Å². The topological polar surface area (TPSA) is 95.6 Å². The predicted molar refractivity (Wildman–Crippen MR) is 143 cm³/mol. The van der Waals surface area contributed by atoms with E-state index in [0.29, 0.717) is 30.9 Å². The Labute approximate surface area is 223 Å². The number of carbonyl (C=O) groups excluding carboxylic acids is 4. The second kappa shape index (κ2) is 11.4. The molecule has 4 atom stereocenters. The van der Waals surface area contributed by atoms with Crippen molar-refractivity contribution in [3.63, 3.8) is 0 Å². The molecule has 2 bridgehead atoms. The summed E-state index contributed by atoms with van der Waals surface area (Å²) < 4.78 is 0. The van der Waals surface area contributed by atoms with Gasteiger partial charge in [-0.15, -0.1) is 11.8 Å². The van der Waals surface area contributed by atoms with Crippen LogP contribution in [0.3, 0.4) is 0 Å². The van der Waals surface area contributed by atoms with Crippen molar-refractivity contribution >= 4 is 35.4 Å².